The zero-order valence-corrected chi connectivity index (χ0v) is 14.6. The average Bonchev–Trinajstić information content (AvgIpc) is 2.72. The highest BCUT2D eigenvalue weighted by Gasteiger charge is 2.49. The molecule has 0 N–H and O–H groups in total. The first-order valence-electron chi connectivity index (χ1n) is 8.38. The molecule has 1 spiro atoms. The van der Waals surface area contributed by atoms with Crippen LogP contribution >= 0.6 is 11.8 Å². The summed E-state index contributed by atoms with van der Waals surface area (Å²) in [6, 6.07) is 0. The summed E-state index contributed by atoms with van der Waals surface area (Å²) in [6.07, 6.45) is 12.9. The van der Waals surface area contributed by atoms with Crippen molar-refractivity contribution in [2.75, 3.05) is 0 Å². The fraction of sp³-hybridized carbons (Fsp3) is 0.579. The Labute approximate surface area is 137 Å². The Hall–Kier alpha value is -1.09. The zero-order valence-electron chi connectivity index (χ0n) is 13.8. The number of hydrogen-bond donors (Lipinski definition) is 0. The van der Waals surface area contributed by atoms with E-state index in [-0.39, 0.29) is 0 Å². The van der Waals surface area contributed by atoms with Gasteiger partial charge in [-0.3, -0.25) is 4.79 Å². The van der Waals surface area contributed by atoms with Crippen LogP contribution in [0.25, 0.3) is 0 Å². The molecule has 0 amide bonds. The molecular weight excluding hydrogens is 290 g/mol. The van der Waals surface area contributed by atoms with E-state index >= 15 is 0 Å². The molecule has 1 aliphatic heterocycles. The van der Waals surface area contributed by atoms with Crippen molar-refractivity contribution in [1.29, 1.82) is 0 Å². The molecule has 0 aromatic carbocycles. The van der Waals surface area contributed by atoms with E-state index in [4.69, 9.17) is 0 Å². The fourth-order valence-corrected chi connectivity index (χ4v) is 5.03. The van der Waals surface area contributed by atoms with E-state index in [1.165, 1.54) is 55.0 Å². The molecule has 2 aliphatic carbocycles. The molecule has 22 heavy (non-hydrogen) atoms. The van der Waals surface area contributed by atoms with Crippen LogP contribution in [0.3, 0.4) is 0 Å². The molecule has 3 aliphatic rings. The lowest BCUT2D eigenvalue weighted by molar-refractivity contribution is -0.104. The van der Waals surface area contributed by atoms with Crippen molar-refractivity contribution in [3.05, 3.63) is 33.9 Å². The number of aliphatic imine (C=N–C) groups is 1. The molecule has 3 rings (SSSR count). The second-order valence-electron chi connectivity index (χ2n) is 6.95. The largest absolute Gasteiger partial charge is 0.297 e. The molecule has 0 unspecified atom stereocenters. The van der Waals surface area contributed by atoms with Gasteiger partial charge in [0.25, 0.3) is 0 Å². The van der Waals surface area contributed by atoms with Crippen LogP contribution in [0.1, 0.15) is 59.3 Å². The van der Waals surface area contributed by atoms with E-state index in [1.54, 1.807) is 0 Å². The third kappa shape index (κ3) is 2.64. The third-order valence-corrected chi connectivity index (χ3v) is 6.71. The summed E-state index contributed by atoms with van der Waals surface area (Å²) in [7, 11) is 0. The number of hydrogen-bond acceptors (Lipinski definition) is 3. The van der Waals surface area contributed by atoms with Gasteiger partial charge in [-0.2, -0.15) is 0 Å². The van der Waals surface area contributed by atoms with E-state index < -0.39 is 0 Å². The summed E-state index contributed by atoms with van der Waals surface area (Å²) < 4.78 is 0. The van der Waals surface area contributed by atoms with Crippen molar-refractivity contribution in [1.82, 2.24) is 0 Å². The maximum atomic E-state index is 11.3. The van der Waals surface area contributed by atoms with Crippen LogP contribution in [0.15, 0.2) is 38.9 Å². The van der Waals surface area contributed by atoms with Crippen molar-refractivity contribution in [2.24, 2.45) is 16.3 Å². The Bertz CT molecular complexity index is 597. The predicted molar refractivity (Wildman–Crippen MR) is 94.9 cm³/mol. The highest BCUT2D eigenvalue weighted by Crippen LogP contribution is 2.61. The number of aldehydes is 1. The van der Waals surface area contributed by atoms with Gasteiger partial charge in [0.1, 0.15) is 5.04 Å². The lowest BCUT2D eigenvalue weighted by atomic mass is 9.50. The van der Waals surface area contributed by atoms with Crippen LogP contribution in [-0.4, -0.2) is 11.3 Å². The van der Waals surface area contributed by atoms with Crippen LogP contribution < -0.4 is 0 Å². The lowest BCUT2D eigenvalue weighted by Gasteiger charge is -2.55. The molecule has 3 heteroatoms. The monoisotopic (exact) mass is 315 g/mol. The summed E-state index contributed by atoms with van der Waals surface area (Å²) in [5.41, 5.74) is 4.49. The van der Waals surface area contributed by atoms with Crippen molar-refractivity contribution in [3.63, 3.8) is 0 Å². The Balaban J connectivity index is 1.87. The second-order valence-corrected chi connectivity index (χ2v) is 7.98. The molecule has 0 radical (unpaired) electrons. The maximum Gasteiger partial charge on any atom is 0.157 e. The minimum atomic E-state index is 0.683. The van der Waals surface area contributed by atoms with E-state index in [2.05, 4.69) is 31.8 Å². The molecule has 2 nitrogen and oxygen atoms in total. The Morgan fingerprint density at radius 1 is 1.41 bits per heavy atom. The third-order valence-electron chi connectivity index (χ3n) is 5.58. The van der Waals surface area contributed by atoms with Gasteiger partial charge in [0.15, 0.2) is 6.29 Å². The lowest BCUT2D eigenvalue weighted by Crippen LogP contribution is -2.43. The SMILES string of the molecule is CC/C=C/N=C1/SC(C=O)=C(C)/C1=C(/C)C1CC2(CCC2)C1. The predicted octanol–water partition coefficient (Wildman–Crippen LogP) is 5.43. The number of thioether (sulfide) groups is 1. The van der Waals surface area contributed by atoms with Gasteiger partial charge in [-0.1, -0.05) is 36.8 Å². The summed E-state index contributed by atoms with van der Waals surface area (Å²) in [4.78, 5) is 16.7. The Morgan fingerprint density at radius 2 is 2.14 bits per heavy atom. The average molecular weight is 315 g/mol. The Morgan fingerprint density at radius 3 is 2.68 bits per heavy atom. The van der Waals surface area contributed by atoms with Crippen LogP contribution in [0, 0.1) is 11.3 Å². The van der Waals surface area contributed by atoms with Gasteiger partial charge in [-0.05, 0) is 62.9 Å². The molecule has 0 saturated heterocycles. The molecule has 2 saturated carbocycles. The normalized spacial score (nSPS) is 28.4. The van der Waals surface area contributed by atoms with Crippen LogP contribution in [-0.2, 0) is 4.79 Å². The Kier molecular flexibility index (Phi) is 4.44. The molecule has 1 heterocycles. The standard InChI is InChI=1S/C19H25NOS/c1-4-5-9-20-18-17(14(3)16(12-21)22-18)13(2)15-10-19(11-15)7-6-8-19/h5,9,12,15H,4,6-8,10-11H2,1-3H3/b9-5+,17-13+,20-18+. The van der Waals surface area contributed by atoms with Gasteiger partial charge in [-0.25, -0.2) is 4.99 Å². The summed E-state index contributed by atoms with van der Waals surface area (Å²) in [5, 5.41) is 1.01. The van der Waals surface area contributed by atoms with Crippen molar-refractivity contribution < 1.29 is 4.79 Å². The number of carbonyl (C=O) groups is 1. The van der Waals surface area contributed by atoms with E-state index in [0.29, 0.717) is 11.3 Å². The fourth-order valence-electron chi connectivity index (χ4n) is 3.99. The number of rotatable bonds is 4. The molecule has 0 bridgehead atoms. The highest BCUT2D eigenvalue weighted by molar-refractivity contribution is 8.18. The molecule has 0 atom stereocenters. The topological polar surface area (TPSA) is 29.4 Å². The zero-order chi connectivity index (χ0) is 15.7. The smallest absolute Gasteiger partial charge is 0.157 e. The van der Waals surface area contributed by atoms with Crippen LogP contribution in [0.2, 0.25) is 0 Å². The van der Waals surface area contributed by atoms with Gasteiger partial charge in [0.05, 0.1) is 4.91 Å². The van der Waals surface area contributed by atoms with Crippen molar-refractivity contribution in [2.45, 2.75) is 59.3 Å². The summed E-state index contributed by atoms with van der Waals surface area (Å²) in [5.74, 6) is 0.692. The van der Waals surface area contributed by atoms with Gasteiger partial charge in [-0.15, -0.1) is 0 Å². The van der Waals surface area contributed by atoms with Crippen molar-refractivity contribution in [3.8, 4) is 0 Å². The first-order chi connectivity index (χ1) is 10.6. The highest BCUT2D eigenvalue weighted by atomic mass is 32.2. The minimum absolute atomic E-state index is 0.683. The van der Waals surface area contributed by atoms with Crippen LogP contribution in [0.4, 0.5) is 0 Å². The van der Waals surface area contributed by atoms with Crippen molar-refractivity contribution >= 4 is 23.1 Å². The van der Waals surface area contributed by atoms with E-state index in [1.807, 2.05) is 6.20 Å². The van der Waals surface area contributed by atoms with Gasteiger partial charge in [0.2, 0.25) is 0 Å². The molecule has 2 fully saturated rings. The maximum absolute atomic E-state index is 11.3. The van der Waals surface area contributed by atoms with E-state index in [9.17, 15) is 4.79 Å². The molecular formula is C19H25NOS. The van der Waals surface area contributed by atoms with Gasteiger partial charge >= 0.3 is 0 Å². The van der Waals surface area contributed by atoms with Crippen LogP contribution in [0.5, 0.6) is 0 Å². The number of carbonyl (C=O) groups excluding carboxylic acids is 1. The minimum Gasteiger partial charge on any atom is -0.297 e. The second kappa shape index (κ2) is 6.19. The first-order valence-corrected chi connectivity index (χ1v) is 9.20. The first kappa shape index (κ1) is 15.8. The number of allylic oxidation sites excluding steroid dienone is 4. The summed E-state index contributed by atoms with van der Waals surface area (Å²) >= 11 is 1.53. The number of nitrogens with zero attached hydrogens (tertiary/aromatic N) is 1. The summed E-state index contributed by atoms with van der Waals surface area (Å²) in [6.45, 7) is 6.43. The van der Waals surface area contributed by atoms with Gasteiger partial charge < -0.3 is 0 Å². The van der Waals surface area contributed by atoms with Gasteiger partial charge in [0, 0.05) is 11.8 Å². The van der Waals surface area contributed by atoms with E-state index in [0.717, 1.165) is 28.2 Å². The molecule has 118 valence electrons. The molecule has 0 aromatic rings. The quantitative estimate of drug-likeness (QED) is 0.648. The molecule has 0 aromatic heterocycles.